The molecule has 1 aliphatic heterocycles. The molecule has 1 aliphatic rings. The van der Waals surface area contributed by atoms with E-state index < -0.39 is 11.7 Å². The van der Waals surface area contributed by atoms with Crippen molar-refractivity contribution in [2.24, 2.45) is 0 Å². The second kappa shape index (κ2) is 6.02. The van der Waals surface area contributed by atoms with Crippen molar-refractivity contribution in [3.8, 4) is 0 Å². The Balaban J connectivity index is 2.14. The fourth-order valence-electron chi connectivity index (χ4n) is 2.67. The first kappa shape index (κ1) is 15.8. The summed E-state index contributed by atoms with van der Waals surface area (Å²) in [6.07, 6.45) is 0.0804. The van der Waals surface area contributed by atoms with Gasteiger partial charge in [0.05, 0.1) is 12.6 Å². The highest BCUT2D eigenvalue weighted by Gasteiger charge is 2.38. The van der Waals surface area contributed by atoms with Crippen molar-refractivity contribution in [1.29, 1.82) is 0 Å². The molecule has 1 N–H and O–H groups in total. The molecule has 0 aliphatic carbocycles. The molecule has 0 bridgehead atoms. The van der Waals surface area contributed by atoms with Gasteiger partial charge in [-0.15, -0.1) is 0 Å². The number of hydrogen-bond acceptors (Lipinski definition) is 3. The van der Waals surface area contributed by atoms with Crippen LogP contribution < -0.4 is 0 Å². The third-order valence-electron chi connectivity index (χ3n) is 3.60. The Morgan fingerprint density at radius 1 is 1.43 bits per heavy atom. The van der Waals surface area contributed by atoms with Crippen molar-refractivity contribution in [2.45, 2.75) is 44.8 Å². The van der Waals surface area contributed by atoms with Crippen LogP contribution in [0.4, 0.5) is 9.18 Å². The second-order valence-corrected chi connectivity index (χ2v) is 6.42. The Morgan fingerprint density at radius 3 is 2.67 bits per heavy atom. The number of ether oxygens (including phenoxy) is 1. The zero-order chi connectivity index (χ0) is 15.6. The summed E-state index contributed by atoms with van der Waals surface area (Å²) in [6.45, 7) is 5.60. The molecule has 5 heteroatoms. The van der Waals surface area contributed by atoms with Gasteiger partial charge in [0.25, 0.3) is 0 Å². The second-order valence-electron chi connectivity index (χ2n) is 6.42. The third-order valence-corrected chi connectivity index (χ3v) is 3.60. The van der Waals surface area contributed by atoms with Crippen LogP contribution >= 0.6 is 0 Å². The largest absolute Gasteiger partial charge is 0.444 e. The molecule has 1 saturated heterocycles. The van der Waals surface area contributed by atoms with E-state index in [1.54, 1.807) is 39.0 Å². The lowest BCUT2D eigenvalue weighted by Crippen LogP contribution is -2.41. The summed E-state index contributed by atoms with van der Waals surface area (Å²) in [7, 11) is 0. The van der Waals surface area contributed by atoms with Crippen molar-refractivity contribution in [3.63, 3.8) is 0 Å². The van der Waals surface area contributed by atoms with Crippen molar-refractivity contribution >= 4 is 6.09 Å². The van der Waals surface area contributed by atoms with E-state index in [0.717, 1.165) is 0 Å². The molecule has 21 heavy (non-hydrogen) atoms. The van der Waals surface area contributed by atoms with Gasteiger partial charge in [0.15, 0.2) is 0 Å². The Kier molecular flexibility index (Phi) is 4.52. The molecular weight excluding hydrogens is 273 g/mol. The molecule has 116 valence electrons. The zero-order valence-electron chi connectivity index (χ0n) is 12.7. The maximum absolute atomic E-state index is 13.9. The van der Waals surface area contributed by atoms with E-state index in [0.29, 0.717) is 18.5 Å². The molecule has 1 heterocycles. The minimum Gasteiger partial charge on any atom is -0.444 e. The van der Waals surface area contributed by atoms with E-state index in [2.05, 4.69) is 0 Å². The van der Waals surface area contributed by atoms with Crippen molar-refractivity contribution in [2.75, 3.05) is 13.2 Å². The predicted molar refractivity (Wildman–Crippen MR) is 77.6 cm³/mol. The highest BCUT2D eigenvalue weighted by molar-refractivity contribution is 5.69. The van der Waals surface area contributed by atoms with Crippen LogP contribution in [0.25, 0.3) is 0 Å². The molecule has 0 saturated carbocycles. The number of halogens is 1. The Morgan fingerprint density at radius 2 is 2.10 bits per heavy atom. The lowest BCUT2D eigenvalue weighted by atomic mass is 9.96. The van der Waals surface area contributed by atoms with Gasteiger partial charge in [0, 0.05) is 12.5 Å². The highest BCUT2D eigenvalue weighted by Crippen LogP contribution is 2.33. The van der Waals surface area contributed by atoms with E-state index >= 15 is 0 Å². The molecule has 0 aromatic heterocycles. The number of amides is 1. The van der Waals surface area contributed by atoms with Gasteiger partial charge < -0.3 is 14.7 Å². The molecule has 0 unspecified atom stereocenters. The zero-order valence-corrected chi connectivity index (χ0v) is 12.7. The average molecular weight is 295 g/mol. The van der Waals surface area contributed by atoms with Crippen LogP contribution in [0.15, 0.2) is 24.3 Å². The maximum Gasteiger partial charge on any atom is 0.410 e. The number of hydrogen-bond donors (Lipinski definition) is 1. The molecule has 2 atom stereocenters. The van der Waals surface area contributed by atoms with Gasteiger partial charge >= 0.3 is 6.09 Å². The van der Waals surface area contributed by atoms with E-state index in [1.807, 2.05) is 0 Å². The normalized spacial score (nSPS) is 22.4. The summed E-state index contributed by atoms with van der Waals surface area (Å²) in [5.74, 6) is -0.388. The van der Waals surface area contributed by atoms with Crippen molar-refractivity contribution in [1.82, 2.24) is 4.90 Å². The van der Waals surface area contributed by atoms with Crippen LogP contribution in [0.3, 0.4) is 0 Å². The molecule has 1 aromatic rings. The first-order valence-corrected chi connectivity index (χ1v) is 7.16. The van der Waals surface area contributed by atoms with Crippen LogP contribution in [0.1, 0.15) is 38.7 Å². The van der Waals surface area contributed by atoms with Gasteiger partial charge in [-0.25, -0.2) is 9.18 Å². The Hall–Kier alpha value is -1.62. The van der Waals surface area contributed by atoms with Crippen LogP contribution in [-0.4, -0.2) is 40.9 Å². The predicted octanol–water partition coefficient (Wildman–Crippen LogP) is 2.91. The topological polar surface area (TPSA) is 49.8 Å². The smallest absolute Gasteiger partial charge is 0.410 e. The molecule has 4 nitrogen and oxygen atoms in total. The summed E-state index contributed by atoms with van der Waals surface area (Å²) in [5.41, 5.74) is -0.00491. The van der Waals surface area contributed by atoms with E-state index in [4.69, 9.17) is 4.74 Å². The molecule has 0 spiro atoms. The van der Waals surface area contributed by atoms with E-state index in [1.165, 1.54) is 11.0 Å². The third kappa shape index (κ3) is 3.73. The standard InChI is InChI=1S/C16H22FNO3/c1-16(2,3)21-15(20)18-9-11(8-12(18)10-19)13-6-4-5-7-14(13)17/h4-7,11-12,19H,8-10H2,1-3H3/t11-,12+/m1/s1. The van der Waals surface area contributed by atoms with Crippen molar-refractivity contribution < 1.29 is 19.0 Å². The van der Waals surface area contributed by atoms with Gasteiger partial charge in [0.1, 0.15) is 11.4 Å². The summed E-state index contributed by atoms with van der Waals surface area (Å²) < 4.78 is 19.2. The monoisotopic (exact) mass is 295 g/mol. The van der Waals surface area contributed by atoms with E-state index in [9.17, 15) is 14.3 Å². The number of rotatable bonds is 2. The number of likely N-dealkylation sites (tertiary alicyclic amines) is 1. The van der Waals surface area contributed by atoms with Crippen LogP contribution in [0.5, 0.6) is 0 Å². The van der Waals surface area contributed by atoms with E-state index in [-0.39, 0.29) is 24.4 Å². The minimum absolute atomic E-state index is 0.115. The lowest BCUT2D eigenvalue weighted by molar-refractivity contribution is 0.0174. The highest BCUT2D eigenvalue weighted by atomic mass is 19.1. The number of carbonyl (C=O) groups is 1. The van der Waals surface area contributed by atoms with Crippen LogP contribution in [0.2, 0.25) is 0 Å². The fraction of sp³-hybridized carbons (Fsp3) is 0.562. The lowest BCUT2D eigenvalue weighted by Gasteiger charge is -2.27. The molecule has 1 fully saturated rings. The number of nitrogens with zero attached hydrogens (tertiary/aromatic N) is 1. The molecule has 0 radical (unpaired) electrons. The Bertz CT molecular complexity index is 512. The van der Waals surface area contributed by atoms with Crippen LogP contribution in [-0.2, 0) is 4.74 Å². The SMILES string of the molecule is CC(C)(C)OC(=O)N1C[C@H](c2ccccc2F)C[C@H]1CO. The number of benzene rings is 1. The number of carbonyl (C=O) groups excluding carboxylic acids is 1. The summed E-state index contributed by atoms with van der Waals surface area (Å²) in [4.78, 5) is 13.7. The number of aliphatic hydroxyl groups is 1. The number of aliphatic hydroxyl groups excluding tert-OH is 1. The van der Waals surface area contributed by atoms with Crippen LogP contribution in [0, 0.1) is 5.82 Å². The van der Waals surface area contributed by atoms with Crippen molar-refractivity contribution in [3.05, 3.63) is 35.6 Å². The van der Waals surface area contributed by atoms with Gasteiger partial charge in [-0.2, -0.15) is 0 Å². The fourth-order valence-corrected chi connectivity index (χ4v) is 2.67. The summed E-state index contributed by atoms with van der Waals surface area (Å²) >= 11 is 0. The molecule has 1 amide bonds. The average Bonchev–Trinajstić information content (AvgIpc) is 2.81. The molecular formula is C16H22FNO3. The maximum atomic E-state index is 13.9. The van der Waals surface area contributed by atoms with Gasteiger partial charge in [-0.1, -0.05) is 18.2 Å². The summed E-state index contributed by atoms with van der Waals surface area (Å²) in [6, 6.07) is 6.24. The molecule has 1 aromatic carbocycles. The first-order chi connectivity index (χ1) is 9.81. The van der Waals surface area contributed by atoms with Gasteiger partial charge in [0.2, 0.25) is 0 Å². The van der Waals surface area contributed by atoms with Gasteiger partial charge in [-0.3, -0.25) is 0 Å². The quantitative estimate of drug-likeness (QED) is 0.912. The minimum atomic E-state index is -0.590. The molecule has 2 rings (SSSR count). The first-order valence-electron chi connectivity index (χ1n) is 7.16. The Labute approximate surface area is 124 Å². The van der Waals surface area contributed by atoms with Gasteiger partial charge in [-0.05, 0) is 38.8 Å². The summed E-state index contributed by atoms with van der Waals surface area (Å²) in [5, 5.41) is 9.47.